The molecule has 0 saturated carbocycles. The fourth-order valence-corrected chi connectivity index (χ4v) is 6.61. The number of ether oxygens (including phenoxy) is 5. The molecule has 48 heavy (non-hydrogen) atoms. The van der Waals surface area contributed by atoms with E-state index in [1.165, 1.54) is 0 Å². The Morgan fingerprint density at radius 2 is 1.23 bits per heavy atom. The van der Waals surface area contributed by atoms with Crippen molar-refractivity contribution in [2.45, 2.75) is 79.1 Å². The van der Waals surface area contributed by atoms with Crippen molar-refractivity contribution in [1.29, 1.82) is 0 Å². The number of rotatable bonds is 19. The minimum atomic E-state index is -1.63. The number of thioether (sulfide) groups is 1. The number of unbranched alkanes of at least 4 members (excludes halogenated alkanes) is 3. The Labute approximate surface area is 302 Å². The molecule has 0 aliphatic carbocycles. The second kappa shape index (κ2) is 21.2. The number of carbonyl (C=O) groups excluding carboxylic acids is 1. The first kappa shape index (κ1) is 38.7. The minimum Gasteiger partial charge on any atom is -0.445 e. The maximum absolute atomic E-state index is 11.7. The summed E-state index contributed by atoms with van der Waals surface area (Å²) in [5.41, 5.74) is 2.70. The van der Waals surface area contributed by atoms with Gasteiger partial charge in [0.25, 0.3) is 0 Å². The Morgan fingerprint density at radius 1 is 0.729 bits per heavy atom. The second-order valence-electron chi connectivity index (χ2n) is 11.4. The van der Waals surface area contributed by atoms with E-state index in [1.54, 1.807) is 11.8 Å². The number of aliphatic hydroxyl groups excluding tert-OH is 1. The van der Waals surface area contributed by atoms with Gasteiger partial charge < -0.3 is 34.1 Å². The molecule has 12 heteroatoms. The summed E-state index contributed by atoms with van der Waals surface area (Å²) >= 11 is 18.5. The molecule has 1 saturated heterocycles. The van der Waals surface area contributed by atoms with Gasteiger partial charge in [-0.3, -0.25) is 0 Å². The molecule has 1 aliphatic heterocycles. The largest absolute Gasteiger partial charge is 0.445 e. The van der Waals surface area contributed by atoms with Crippen LogP contribution in [-0.2, 0) is 43.5 Å². The summed E-state index contributed by atoms with van der Waals surface area (Å²) in [6.45, 7) is 1.03. The van der Waals surface area contributed by atoms with E-state index >= 15 is 0 Å². The van der Waals surface area contributed by atoms with E-state index in [-0.39, 0.29) is 13.2 Å². The van der Waals surface area contributed by atoms with Crippen molar-refractivity contribution in [2.75, 3.05) is 25.5 Å². The van der Waals surface area contributed by atoms with Gasteiger partial charge in [0, 0.05) is 6.54 Å². The first-order valence-electron chi connectivity index (χ1n) is 16.1. The lowest BCUT2D eigenvalue weighted by Gasteiger charge is -2.45. The number of hydrogen-bond donors (Lipinski definition) is 2. The highest BCUT2D eigenvalue weighted by atomic mass is 35.6. The van der Waals surface area contributed by atoms with Crippen molar-refractivity contribution in [3.8, 4) is 0 Å². The van der Waals surface area contributed by atoms with Crippen LogP contribution in [0.25, 0.3) is 0 Å². The molecule has 3 aromatic rings. The average Bonchev–Trinajstić information content (AvgIpc) is 3.10. The highest BCUT2D eigenvalue weighted by Gasteiger charge is 2.48. The van der Waals surface area contributed by atoms with E-state index in [2.05, 4.69) is 5.32 Å². The number of alkyl halides is 3. The van der Waals surface area contributed by atoms with Crippen molar-refractivity contribution in [3.63, 3.8) is 0 Å². The predicted molar refractivity (Wildman–Crippen MR) is 191 cm³/mol. The molecule has 3 aromatic carbocycles. The van der Waals surface area contributed by atoms with Gasteiger partial charge in [-0.15, -0.1) is 11.8 Å². The molecular weight excluding hydrogens is 697 g/mol. The van der Waals surface area contributed by atoms with Gasteiger partial charge in [-0.1, -0.05) is 139 Å². The van der Waals surface area contributed by atoms with Crippen LogP contribution in [0.15, 0.2) is 91.0 Å². The first-order chi connectivity index (χ1) is 23.3. The maximum atomic E-state index is 11.7. The molecule has 5 atom stereocenters. The van der Waals surface area contributed by atoms with E-state index in [4.69, 9.17) is 58.5 Å². The summed E-state index contributed by atoms with van der Waals surface area (Å²) in [6.07, 6.45) is 0.851. The molecule has 1 aliphatic rings. The molecule has 1 amide bonds. The number of amides is 1. The summed E-state index contributed by atoms with van der Waals surface area (Å²) in [5, 5.41) is 13.2. The van der Waals surface area contributed by atoms with Crippen LogP contribution in [-0.4, -0.2) is 70.4 Å². The van der Waals surface area contributed by atoms with Crippen molar-refractivity contribution in [2.24, 2.45) is 0 Å². The SMILES string of the molecule is O=C(NCCCCCCS[C@@H]1O[C@H](CO)[C@H](OCc2ccccc2)[C@H](OCc2ccccc2)[C@H]1OCc1ccccc1)OCC(Cl)(Cl)Cl. The van der Waals surface area contributed by atoms with Gasteiger partial charge >= 0.3 is 6.09 Å². The van der Waals surface area contributed by atoms with Gasteiger partial charge in [0.1, 0.15) is 36.5 Å². The van der Waals surface area contributed by atoms with E-state index in [1.807, 2.05) is 91.0 Å². The van der Waals surface area contributed by atoms with Crippen molar-refractivity contribution in [3.05, 3.63) is 108 Å². The smallest absolute Gasteiger partial charge is 0.407 e. The number of benzene rings is 3. The van der Waals surface area contributed by atoms with Crippen LogP contribution < -0.4 is 5.32 Å². The normalized spacial score (nSPS) is 21.1. The molecule has 8 nitrogen and oxygen atoms in total. The van der Waals surface area contributed by atoms with Crippen LogP contribution in [0.1, 0.15) is 42.4 Å². The molecule has 0 aromatic heterocycles. The Hall–Kier alpha value is -2.05. The quantitative estimate of drug-likeness (QED) is 0.0949. The lowest BCUT2D eigenvalue weighted by molar-refractivity contribution is -0.251. The molecule has 2 N–H and O–H groups in total. The summed E-state index contributed by atoms with van der Waals surface area (Å²) in [6, 6.07) is 29.9. The summed E-state index contributed by atoms with van der Waals surface area (Å²) in [5.74, 6) is 0.813. The second-order valence-corrected chi connectivity index (χ2v) is 15.1. The molecule has 0 spiro atoms. The first-order valence-corrected chi connectivity index (χ1v) is 18.3. The highest BCUT2D eigenvalue weighted by molar-refractivity contribution is 7.99. The van der Waals surface area contributed by atoms with Crippen molar-refractivity contribution >= 4 is 52.7 Å². The van der Waals surface area contributed by atoms with Gasteiger partial charge in [0.2, 0.25) is 3.79 Å². The van der Waals surface area contributed by atoms with Gasteiger partial charge in [-0.2, -0.15) is 0 Å². The number of aliphatic hydroxyl groups is 1. The zero-order chi connectivity index (χ0) is 34.0. The molecule has 0 bridgehead atoms. The number of carbonyl (C=O) groups is 1. The topological polar surface area (TPSA) is 95.5 Å². The number of alkyl carbamates (subject to hydrolysis) is 1. The molecule has 1 fully saturated rings. The van der Waals surface area contributed by atoms with Crippen LogP contribution in [0, 0.1) is 0 Å². The monoisotopic (exact) mass is 739 g/mol. The fraction of sp³-hybridized carbons (Fsp3) is 0.472. The Bertz CT molecular complexity index is 1310. The van der Waals surface area contributed by atoms with Gasteiger partial charge in [-0.05, 0) is 35.3 Å². The van der Waals surface area contributed by atoms with Crippen LogP contribution in [0.3, 0.4) is 0 Å². The van der Waals surface area contributed by atoms with E-state index in [9.17, 15) is 9.90 Å². The summed E-state index contributed by atoms with van der Waals surface area (Å²) in [7, 11) is 0. The minimum absolute atomic E-state index is 0.218. The number of nitrogens with one attached hydrogen (secondary N) is 1. The summed E-state index contributed by atoms with van der Waals surface area (Å²) in [4.78, 5) is 11.7. The summed E-state index contributed by atoms with van der Waals surface area (Å²) < 4.78 is 29.5. The van der Waals surface area contributed by atoms with Crippen LogP contribution in [0.2, 0.25) is 0 Å². The maximum Gasteiger partial charge on any atom is 0.407 e. The zero-order valence-electron chi connectivity index (χ0n) is 26.8. The lowest BCUT2D eigenvalue weighted by atomic mass is 9.99. The highest BCUT2D eigenvalue weighted by Crippen LogP contribution is 2.35. The molecule has 0 radical (unpaired) electrons. The average molecular weight is 741 g/mol. The Kier molecular flexibility index (Phi) is 17.1. The standard InChI is InChI=1S/C36H44Cl3NO7S/c37-36(38,39)26-46-35(42)40-20-12-1-2-13-21-48-34-33(45-25-29-18-10-5-11-19-29)32(44-24-28-16-8-4-9-17-28)31(30(22-41)47-34)43-23-27-14-6-3-7-15-27/h3-11,14-19,30-34,41H,1-2,12-13,20-26H2,(H,40,42)/t30-,31+,32+,33-,34+/m1/s1. The molecular formula is C36H44Cl3NO7S. The lowest BCUT2D eigenvalue weighted by Crippen LogP contribution is -2.60. The van der Waals surface area contributed by atoms with E-state index < -0.39 is 39.7 Å². The Balaban J connectivity index is 1.38. The number of halogens is 3. The fourth-order valence-electron chi connectivity index (χ4n) is 5.20. The zero-order valence-corrected chi connectivity index (χ0v) is 29.8. The van der Waals surface area contributed by atoms with Crippen molar-refractivity contribution in [1.82, 2.24) is 5.32 Å². The molecule has 4 rings (SSSR count). The molecule has 262 valence electrons. The molecule has 1 heterocycles. The van der Waals surface area contributed by atoms with Gasteiger partial charge in [0.15, 0.2) is 0 Å². The third-order valence-corrected chi connectivity index (χ3v) is 9.18. The van der Waals surface area contributed by atoms with E-state index in [0.29, 0.717) is 26.4 Å². The van der Waals surface area contributed by atoms with Crippen LogP contribution in [0.5, 0.6) is 0 Å². The third-order valence-electron chi connectivity index (χ3n) is 7.62. The molecule has 0 unspecified atom stereocenters. The Morgan fingerprint density at radius 3 is 1.75 bits per heavy atom. The van der Waals surface area contributed by atoms with Crippen LogP contribution in [0.4, 0.5) is 4.79 Å². The van der Waals surface area contributed by atoms with Gasteiger partial charge in [-0.25, -0.2) is 4.79 Å². The predicted octanol–water partition coefficient (Wildman–Crippen LogP) is 7.85. The van der Waals surface area contributed by atoms with E-state index in [0.717, 1.165) is 48.1 Å². The van der Waals surface area contributed by atoms with Crippen molar-refractivity contribution < 1.29 is 33.6 Å². The number of hydrogen-bond acceptors (Lipinski definition) is 8. The third kappa shape index (κ3) is 14.1. The van der Waals surface area contributed by atoms with Gasteiger partial charge in [0.05, 0.1) is 26.4 Å². The van der Waals surface area contributed by atoms with Crippen LogP contribution >= 0.6 is 46.6 Å².